The SMILES string of the molecule is O=c1[nH]c(=S)[nH]c2c1C(c1ccc(Cl)cc1)C1=C(CCCCC1)N2. The van der Waals surface area contributed by atoms with E-state index in [9.17, 15) is 4.79 Å². The van der Waals surface area contributed by atoms with Gasteiger partial charge in [-0.3, -0.25) is 9.78 Å². The predicted octanol–water partition coefficient (Wildman–Crippen LogP) is 4.86. The van der Waals surface area contributed by atoms with E-state index in [0.29, 0.717) is 15.4 Å². The Balaban J connectivity index is 1.96. The first kappa shape index (κ1) is 15.7. The number of anilines is 1. The molecule has 3 N–H and O–H groups in total. The fourth-order valence-electron chi connectivity index (χ4n) is 3.79. The summed E-state index contributed by atoms with van der Waals surface area (Å²) in [5, 5.41) is 4.14. The maximum atomic E-state index is 12.7. The Hall–Kier alpha value is -1.85. The van der Waals surface area contributed by atoms with Gasteiger partial charge in [-0.1, -0.05) is 30.2 Å². The molecule has 24 heavy (non-hydrogen) atoms. The maximum absolute atomic E-state index is 12.7. The number of benzene rings is 1. The second-order valence-corrected chi connectivity index (χ2v) is 7.22. The number of rotatable bonds is 1. The van der Waals surface area contributed by atoms with E-state index in [4.69, 9.17) is 23.8 Å². The highest BCUT2D eigenvalue weighted by molar-refractivity contribution is 7.71. The molecule has 1 aliphatic heterocycles. The number of hydrogen-bond acceptors (Lipinski definition) is 3. The maximum Gasteiger partial charge on any atom is 0.257 e. The van der Waals surface area contributed by atoms with Gasteiger partial charge in [0, 0.05) is 16.6 Å². The average Bonchev–Trinajstić information content (AvgIpc) is 2.78. The number of aromatic amines is 2. The van der Waals surface area contributed by atoms with Crippen LogP contribution in [0.15, 0.2) is 40.3 Å². The number of allylic oxidation sites excluding steroid dienone is 2. The summed E-state index contributed by atoms with van der Waals surface area (Å²) in [4.78, 5) is 18.5. The van der Waals surface area contributed by atoms with Gasteiger partial charge in [0.2, 0.25) is 0 Å². The Morgan fingerprint density at radius 3 is 2.58 bits per heavy atom. The van der Waals surface area contributed by atoms with Gasteiger partial charge in [-0.25, -0.2) is 0 Å². The summed E-state index contributed by atoms with van der Waals surface area (Å²) in [5.74, 6) is 0.673. The highest BCUT2D eigenvalue weighted by Gasteiger charge is 2.32. The normalized spacial score (nSPS) is 20.0. The first-order chi connectivity index (χ1) is 11.6. The molecular weight excluding hydrogens is 342 g/mol. The molecular formula is C18H18ClN3OS. The molecule has 0 saturated heterocycles. The summed E-state index contributed by atoms with van der Waals surface area (Å²) >= 11 is 11.2. The molecule has 0 bridgehead atoms. The molecule has 0 saturated carbocycles. The second kappa shape index (κ2) is 6.22. The summed E-state index contributed by atoms with van der Waals surface area (Å²) < 4.78 is 0.346. The van der Waals surface area contributed by atoms with Crippen LogP contribution >= 0.6 is 23.8 Å². The van der Waals surface area contributed by atoms with Gasteiger partial charge < -0.3 is 10.3 Å². The zero-order valence-electron chi connectivity index (χ0n) is 13.1. The summed E-state index contributed by atoms with van der Waals surface area (Å²) in [5.41, 5.74) is 4.23. The third kappa shape index (κ3) is 2.72. The molecule has 124 valence electrons. The number of halogens is 1. The summed E-state index contributed by atoms with van der Waals surface area (Å²) in [6, 6.07) is 7.79. The van der Waals surface area contributed by atoms with E-state index < -0.39 is 0 Å². The molecule has 2 aliphatic rings. The van der Waals surface area contributed by atoms with Crippen LogP contribution in [-0.2, 0) is 0 Å². The Bertz CT molecular complexity index is 927. The smallest absolute Gasteiger partial charge is 0.257 e. The van der Waals surface area contributed by atoms with Crippen molar-refractivity contribution in [3.63, 3.8) is 0 Å². The molecule has 1 aliphatic carbocycles. The van der Waals surface area contributed by atoms with Crippen LogP contribution in [-0.4, -0.2) is 9.97 Å². The van der Waals surface area contributed by atoms with Gasteiger partial charge >= 0.3 is 0 Å². The zero-order chi connectivity index (χ0) is 16.7. The van der Waals surface area contributed by atoms with E-state index in [1.165, 1.54) is 24.1 Å². The highest BCUT2D eigenvalue weighted by atomic mass is 35.5. The van der Waals surface area contributed by atoms with Gasteiger partial charge in [0.15, 0.2) is 4.77 Å². The molecule has 1 atom stereocenters. The minimum Gasteiger partial charge on any atom is -0.345 e. The van der Waals surface area contributed by atoms with Crippen LogP contribution < -0.4 is 10.9 Å². The van der Waals surface area contributed by atoms with Crippen LogP contribution in [0.25, 0.3) is 0 Å². The zero-order valence-corrected chi connectivity index (χ0v) is 14.7. The van der Waals surface area contributed by atoms with Crippen molar-refractivity contribution in [2.45, 2.75) is 38.0 Å². The van der Waals surface area contributed by atoms with E-state index in [2.05, 4.69) is 15.3 Å². The Morgan fingerprint density at radius 1 is 1.04 bits per heavy atom. The summed E-state index contributed by atoms with van der Waals surface area (Å²) in [6.45, 7) is 0. The van der Waals surface area contributed by atoms with Gasteiger partial charge in [0.1, 0.15) is 5.82 Å². The van der Waals surface area contributed by atoms with Gasteiger partial charge in [-0.2, -0.15) is 0 Å². The van der Waals surface area contributed by atoms with Crippen LogP contribution in [0.5, 0.6) is 0 Å². The van der Waals surface area contributed by atoms with E-state index in [1.54, 1.807) is 0 Å². The Kier molecular flexibility index (Phi) is 4.06. The topological polar surface area (TPSA) is 60.7 Å². The van der Waals surface area contributed by atoms with Crippen molar-refractivity contribution in [2.24, 2.45) is 0 Å². The summed E-state index contributed by atoms with van der Waals surface area (Å²) in [6.07, 6.45) is 5.54. The molecule has 6 heteroatoms. The van der Waals surface area contributed by atoms with Crippen molar-refractivity contribution in [2.75, 3.05) is 5.32 Å². The lowest BCUT2D eigenvalue weighted by molar-refractivity contribution is 0.698. The van der Waals surface area contributed by atoms with Gasteiger partial charge in [0.25, 0.3) is 5.56 Å². The molecule has 1 unspecified atom stereocenters. The summed E-state index contributed by atoms with van der Waals surface area (Å²) in [7, 11) is 0. The quantitative estimate of drug-likeness (QED) is 0.637. The number of H-pyrrole nitrogens is 2. The molecule has 1 aromatic heterocycles. The monoisotopic (exact) mass is 359 g/mol. The molecule has 4 rings (SSSR count). The Labute approximate surface area is 150 Å². The van der Waals surface area contributed by atoms with Crippen molar-refractivity contribution in [3.05, 3.63) is 66.8 Å². The number of hydrogen-bond donors (Lipinski definition) is 3. The van der Waals surface area contributed by atoms with Gasteiger partial charge in [-0.15, -0.1) is 0 Å². The van der Waals surface area contributed by atoms with Crippen molar-refractivity contribution < 1.29 is 0 Å². The van der Waals surface area contributed by atoms with E-state index >= 15 is 0 Å². The number of fused-ring (bicyclic) bond motifs is 1. The fourth-order valence-corrected chi connectivity index (χ4v) is 4.11. The molecule has 0 spiro atoms. The third-order valence-corrected chi connectivity index (χ3v) is 5.31. The molecule has 4 nitrogen and oxygen atoms in total. The van der Waals surface area contributed by atoms with Crippen molar-refractivity contribution in [3.8, 4) is 0 Å². The lowest BCUT2D eigenvalue weighted by Gasteiger charge is -2.30. The van der Waals surface area contributed by atoms with Gasteiger partial charge in [-0.05, 0) is 61.2 Å². The molecule has 1 aromatic carbocycles. The van der Waals surface area contributed by atoms with Crippen LogP contribution in [0.2, 0.25) is 5.02 Å². The van der Waals surface area contributed by atoms with Crippen molar-refractivity contribution in [1.82, 2.24) is 9.97 Å². The highest BCUT2D eigenvalue weighted by Crippen LogP contribution is 2.43. The van der Waals surface area contributed by atoms with E-state index in [-0.39, 0.29) is 11.5 Å². The lowest BCUT2D eigenvalue weighted by atomic mass is 9.80. The molecule has 0 amide bonds. The van der Waals surface area contributed by atoms with Crippen LogP contribution in [0.4, 0.5) is 5.82 Å². The molecule has 2 aromatic rings. The number of nitrogens with one attached hydrogen (secondary N) is 3. The minimum absolute atomic E-state index is 0.0535. The van der Waals surface area contributed by atoms with Gasteiger partial charge in [0.05, 0.1) is 5.56 Å². The number of aromatic nitrogens is 2. The largest absolute Gasteiger partial charge is 0.345 e. The van der Waals surface area contributed by atoms with E-state index in [0.717, 1.165) is 30.6 Å². The Morgan fingerprint density at radius 2 is 1.79 bits per heavy atom. The van der Waals surface area contributed by atoms with Crippen molar-refractivity contribution in [1.29, 1.82) is 0 Å². The third-order valence-electron chi connectivity index (χ3n) is 4.86. The molecule has 0 fully saturated rings. The standard InChI is InChI=1S/C18H18ClN3OS/c19-11-8-6-10(7-9-11)14-12-4-2-1-3-5-13(12)20-16-15(14)17(23)22-18(24)21-16/h6-9,14H,1-5H2,(H3,20,21,22,23,24). The van der Waals surface area contributed by atoms with E-state index in [1.807, 2.05) is 24.3 Å². The van der Waals surface area contributed by atoms with Crippen LogP contribution in [0, 0.1) is 4.77 Å². The fraction of sp³-hybridized carbons (Fsp3) is 0.333. The van der Waals surface area contributed by atoms with Crippen LogP contribution in [0.1, 0.15) is 49.1 Å². The van der Waals surface area contributed by atoms with Crippen LogP contribution in [0.3, 0.4) is 0 Å². The predicted molar refractivity (Wildman–Crippen MR) is 99.3 cm³/mol. The first-order valence-electron chi connectivity index (χ1n) is 8.24. The second-order valence-electron chi connectivity index (χ2n) is 6.37. The first-order valence-corrected chi connectivity index (χ1v) is 9.03. The molecule has 2 heterocycles. The minimum atomic E-state index is -0.128. The lowest BCUT2D eigenvalue weighted by Crippen LogP contribution is -2.28. The average molecular weight is 360 g/mol. The van der Waals surface area contributed by atoms with Crippen molar-refractivity contribution >= 4 is 29.6 Å². The molecule has 0 radical (unpaired) electrons.